The second-order valence-corrected chi connectivity index (χ2v) is 2.49. The molecule has 0 aromatic rings. The van der Waals surface area contributed by atoms with Crippen molar-refractivity contribution in [1.29, 1.82) is 5.41 Å². The van der Waals surface area contributed by atoms with E-state index in [1.165, 1.54) is 12.3 Å². The van der Waals surface area contributed by atoms with E-state index in [2.05, 4.69) is 0 Å². The number of amides is 1. The Kier molecular flexibility index (Phi) is 2.19. The fourth-order valence-corrected chi connectivity index (χ4v) is 0.940. The van der Waals surface area contributed by atoms with Crippen molar-refractivity contribution in [3.63, 3.8) is 0 Å². The van der Waals surface area contributed by atoms with E-state index >= 15 is 0 Å². The largest absolute Gasteiger partial charge is 0.507 e. The van der Waals surface area contributed by atoms with E-state index in [1.54, 1.807) is 0 Å². The van der Waals surface area contributed by atoms with E-state index in [4.69, 9.17) is 16.9 Å². The van der Waals surface area contributed by atoms with Crippen molar-refractivity contribution < 1.29 is 9.90 Å². The maximum absolute atomic E-state index is 10.7. The molecule has 0 bridgehead atoms. The summed E-state index contributed by atoms with van der Waals surface area (Å²) in [6.07, 6.45) is 3.58. The average Bonchev–Trinajstić information content (AvgIpc) is 2.03. The molecule has 5 nitrogen and oxygen atoms in total. The summed E-state index contributed by atoms with van der Waals surface area (Å²) in [7, 11) is 0. The van der Waals surface area contributed by atoms with Crippen LogP contribution in [-0.2, 0) is 4.79 Å². The molecule has 0 fully saturated rings. The van der Waals surface area contributed by atoms with Crippen LogP contribution in [0.4, 0.5) is 0 Å². The molecule has 0 unspecified atom stereocenters. The topological polar surface area (TPSA) is 113 Å². The number of rotatable bonds is 1. The maximum Gasteiger partial charge on any atom is 0.252 e. The Balaban J connectivity index is 3.18. The Labute approximate surface area is 74.5 Å². The summed E-state index contributed by atoms with van der Waals surface area (Å²) in [6, 6.07) is 0. The van der Waals surface area contributed by atoms with E-state index in [-0.39, 0.29) is 17.0 Å². The monoisotopic (exact) mass is 179 g/mol. The van der Waals surface area contributed by atoms with Crippen molar-refractivity contribution in [2.75, 3.05) is 0 Å². The van der Waals surface area contributed by atoms with Crippen LogP contribution >= 0.6 is 0 Å². The first-order valence-electron chi connectivity index (χ1n) is 3.49. The van der Waals surface area contributed by atoms with Crippen LogP contribution in [-0.4, -0.2) is 16.7 Å². The number of allylic oxidation sites excluding steroid dienone is 3. The van der Waals surface area contributed by atoms with Crippen molar-refractivity contribution >= 4 is 11.6 Å². The lowest BCUT2D eigenvalue weighted by Crippen LogP contribution is -2.19. The van der Waals surface area contributed by atoms with Gasteiger partial charge in [0.05, 0.1) is 11.3 Å². The fourth-order valence-electron chi connectivity index (χ4n) is 0.940. The normalized spacial score (nSPS) is 19.7. The van der Waals surface area contributed by atoms with Crippen molar-refractivity contribution in [2.24, 2.45) is 11.5 Å². The third kappa shape index (κ3) is 1.58. The van der Waals surface area contributed by atoms with Crippen LogP contribution in [0.15, 0.2) is 35.3 Å². The summed E-state index contributed by atoms with van der Waals surface area (Å²) in [6.45, 7) is 0. The van der Waals surface area contributed by atoms with E-state index in [0.717, 1.165) is 6.08 Å². The Hall–Kier alpha value is -2.04. The van der Waals surface area contributed by atoms with Crippen LogP contribution in [0.25, 0.3) is 0 Å². The molecule has 1 aliphatic rings. The third-order valence-electron chi connectivity index (χ3n) is 1.61. The molecule has 1 amide bonds. The number of aliphatic hydroxyl groups is 1. The summed E-state index contributed by atoms with van der Waals surface area (Å²) in [5, 5.41) is 16.5. The standard InChI is InChI=1S/C8H9N3O2/c9-3-4-1-5(8(11)13)7(12)2-6(4)10/h1-3,10,12H,9H2,(H2,11,13)/b4-3-,10-6?. The van der Waals surface area contributed by atoms with Gasteiger partial charge >= 0.3 is 0 Å². The molecule has 68 valence electrons. The lowest BCUT2D eigenvalue weighted by molar-refractivity contribution is -0.114. The van der Waals surface area contributed by atoms with Gasteiger partial charge in [-0.15, -0.1) is 0 Å². The third-order valence-corrected chi connectivity index (χ3v) is 1.61. The average molecular weight is 179 g/mol. The summed E-state index contributed by atoms with van der Waals surface area (Å²) < 4.78 is 0. The molecule has 0 aliphatic heterocycles. The highest BCUT2D eigenvalue weighted by molar-refractivity contribution is 6.13. The van der Waals surface area contributed by atoms with Gasteiger partial charge in [-0.2, -0.15) is 0 Å². The number of hydrogen-bond donors (Lipinski definition) is 4. The molecule has 1 rings (SSSR count). The molecule has 6 N–H and O–H groups in total. The summed E-state index contributed by atoms with van der Waals surface area (Å²) in [5.41, 5.74) is 10.5. The van der Waals surface area contributed by atoms with Crippen LogP contribution in [0.3, 0.4) is 0 Å². The Bertz CT molecular complexity index is 364. The van der Waals surface area contributed by atoms with Gasteiger partial charge in [-0.1, -0.05) is 0 Å². The van der Waals surface area contributed by atoms with Crippen LogP contribution in [0.1, 0.15) is 0 Å². The van der Waals surface area contributed by atoms with Crippen molar-refractivity contribution in [2.45, 2.75) is 0 Å². The first-order valence-corrected chi connectivity index (χ1v) is 3.49. The number of hydrogen-bond acceptors (Lipinski definition) is 4. The van der Waals surface area contributed by atoms with Crippen molar-refractivity contribution in [3.05, 3.63) is 35.3 Å². The maximum atomic E-state index is 10.7. The summed E-state index contributed by atoms with van der Waals surface area (Å²) in [5.74, 6) is -1.05. The number of aliphatic hydroxyl groups excluding tert-OH is 1. The number of nitrogens with one attached hydrogen (secondary N) is 1. The van der Waals surface area contributed by atoms with Crippen LogP contribution < -0.4 is 11.5 Å². The molecule has 1 aliphatic carbocycles. The Morgan fingerprint density at radius 1 is 1.54 bits per heavy atom. The van der Waals surface area contributed by atoms with Crippen LogP contribution in [0, 0.1) is 5.41 Å². The van der Waals surface area contributed by atoms with Gasteiger partial charge in [0.15, 0.2) is 0 Å². The van der Waals surface area contributed by atoms with Crippen LogP contribution in [0.2, 0.25) is 0 Å². The molecule has 0 saturated heterocycles. The van der Waals surface area contributed by atoms with Gasteiger partial charge in [-0.05, 0) is 6.08 Å². The van der Waals surface area contributed by atoms with Gasteiger partial charge in [0.1, 0.15) is 5.76 Å². The molecule has 0 spiro atoms. The highest BCUT2D eigenvalue weighted by atomic mass is 16.3. The minimum atomic E-state index is -0.749. The molecular weight excluding hydrogens is 170 g/mol. The molecule has 0 radical (unpaired) electrons. The SMILES string of the molecule is N=C1C=C(O)C(C(N)=O)=C/C1=C/N. The molecule has 13 heavy (non-hydrogen) atoms. The number of carbonyl (C=O) groups excluding carboxylic acids is 1. The van der Waals surface area contributed by atoms with Gasteiger partial charge in [0.2, 0.25) is 0 Å². The minimum absolute atomic E-state index is 0.0345. The van der Waals surface area contributed by atoms with Crippen molar-refractivity contribution in [1.82, 2.24) is 0 Å². The van der Waals surface area contributed by atoms with Gasteiger partial charge in [0, 0.05) is 17.8 Å². The molecule has 0 heterocycles. The zero-order valence-corrected chi connectivity index (χ0v) is 6.74. The highest BCUT2D eigenvalue weighted by Gasteiger charge is 2.17. The molecular formula is C8H9N3O2. The van der Waals surface area contributed by atoms with Gasteiger partial charge in [-0.3, -0.25) is 4.79 Å². The molecule has 0 saturated carbocycles. The van der Waals surface area contributed by atoms with Crippen LogP contribution in [0.5, 0.6) is 0 Å². The predicted molar refractivity (Wildman–Crippen MR) is 48.0 cm³/mol. The molecule has 0 atom stereocenters. The lowest BCUT2D eigenvalue weighted by atomic mass is 9.99. The van der Waals surface area contributed by atoms with Gasteiger partial charge < -0.3 is 22.0 Å². The quantitative estimate of drug-likeness (QED) is 0.443. The minimum Gasteiger partial charge on any atom is -0.507 e. The zero-order valence-electron chi connectivity index (χ0n) is 6.74. The first-order chi connectivity index (χ1) is 6.06. The summed E-state index contributed by atoms with van der Waals surface area (Å²) in [4.78, 5) is 10.7. The van der Waals surface area contributed by atoms with E-state index in [0.29, 0.717) is 5.57 Å². The number of nitrogens with two attached hydrogens (primary N) is 2. The van der Waals surface area contributed by atoms with Gasteiger partial charge in [-0.25, -0.2) is 0 Å². The van der Waals surface area contributed by atoms with E-state index in [9.17, 15) is 9.90 Å². The van der Waals surface area contributed by atoms with E-state index in [1.807, 2.05) is 0 Å². The summed E-state index contributed by atoms with van der Waals surface area (Å²) >= 11 is 0. The smallest absolute Gasteiger partial charge is 0.252 e. The van der Waals surface area contributed by atoms with Gasteiger partial charge in [0.25, 0.3) is 5.91 Å². The fraction of sp³-hybridized carbons (Fsp3) is 0. The lowest BCUT2D eigenvalue weighted by Gasteiger charge is -2.10. The number of primary amides is 1. The zero-order chi connectivity index (χ0) is 10.0. The Morgan fingerprint density at radius 2 is 2.15 bits per heavy atom. The second-order valence-electron chi connectivity index (χ2n) is 2.49. The predicted octanol–water partition coefficient (Wildman–Crippen LogP) is -0.284. The second kappa shape index (κ2) is 3.14. The van der Waals surface area contributed by atoms with Crippen molar-refractivity contribution in [3.8, 4) is 0 Å². The van der Waals surface area contributed by atoms with E-state index < -0.39 is 5.91 Å². The Morgan fingerprint density at radius 3 is 2.62 bits per heavy atom. The molecule has 0 aromatic heterocycles. The first kappa shape index (κ1) is 9.05. The molecule has 5 heteroatoms. The number of carbonyl (C=O) groups is 1. The molecule has 0 aromatic carbocycles. The highest BCUT2D eigenvalue weighted by Crippen LogP contribution is 2.17.